The number of carbonyl (C=O) groups is 3. The van der Waals surface area contributed by atoms with Crippen molar-refractivity contribution in [2.24, 2.45) is 5.92 Å². The van der Waals surface area contributed by atoms with E-state index in [0.29, 0.717) is 36.4 Å². The Morgan fingerprint density at radius 1 is 1.14 bits per heavy atom. The number of piperidine rings is 1. The highest BCUT2D eigenvalue weighted by Gasteiger charge is 2.41. The molecule has 0 radical (unpaired) electrons. The smallest absolute Gasteiger partial charge is 0.330 e. The molecule has 4 rings (SSSR count). The molecule has 1 heterocycles. The van der Waals surface area contributed by atoms with Gasteiger partial charge in [-0.05, 0) is 50.0 Å². The lowest BCUT2D eigenvalue weighted by Gasteiger charge is -2.38. The summed E-state index contributed by atoms with van der Waals surface area (Å²) >= 11 is 1.47. The van der Waals surface area contributed by atoms with E-state index < -0.39 is 17.8 Å². The number of benzene rings is 2. The van der Waals surface area contributed by atoms with Crippen LogP contribution in [-0.2, 0) is 14.3 Å². The number of Topliss-reactive ketones (excluding diaryl/α,β-unsaturated/α-hetero) is 2. The predicted molar refractivity (Wildman–Crippen MR) is 141 cm³/mol. The standard InChI is InChI=1S/C29H32FNO5S/c1-3-36-27(33)16-21-17-31(28(29(34)19-11-12-19)23-9-4-5-10-24(23)30)14-13-26(21)37-18-25(32)20-7-6-8-22(15-20)35-2/h4-10,15-16,19,26,28H,3,11-14,17-18H2,1-2H3/b21-16+/t26-,28+/m1/s1. The van der Waals surface area contributed by atoms with E-state index in [0.717, 1.165) is 18.4 Å². The van der Waals surface area contributed by atoms with Gasteiger partial charge in [-0.3, -0.25) is 14.5 Å². The van der Waals surface area contributed by atoms with Crippen LogP contribution in [0.2, 0.25) is 0 Å². The Bertz CT molecular complexity index is 1180. The van der Waals surface area contributed by atoms with Crippen LogP contribution in [0.1, 0.15) is 48.1 Å². The van der Waals surface area contributed by atoms with Crippen LogP contribution < -0.4 is 4.74 Å². The quantitative estimate of drug-likeness (QED) is 0.231. The third kappa shape index (κ3) is 6.87. The summed E-state index contributed by atoms with van der Waals surface area (Å²) in [5.74, 6) is -0.0654. The van der Waals surface area contributed by atoms with Gasteiger partial charge in [-0.1, -0.05) is 30.3 Å². The van der Waals surface area contributed by atoms with Crippen molar-refractivity contribution in [3.63, 3.8) is 0 Å². The number of nitrogens with zero attached hydrogens (tertiary/aromatic N) is 1. The van der Waals surface area contributed by atoms with Crippen molar-refractivity contribution in [1.29, 1.82) is 0 Å². The lowest BCUT2D eigenvalue weighted by molar-refractivity contribution is -0.137. The number of ether oxygens (including phenoxy) is 2. The number of rotatable bonds is 11. The molecule has 2 atom stereocenters. The zero-order valence-electron chi connectivity index (χ0n) is 21.2. The molecular weight excluding hydrogens is 493 g/mol. The van der Waals surface area contributed by atoms with Crippen molar-refractivity contribution < 1.29 is 28.2 Å². The van der Waals surface area contributed by atoms with E-state index >= 15 is 0 Å². The fraction of sp³-hybridized carbons (Fsp3) is 0.414. The number of esters is 1. The molecule has 0 N–H and O–H groups in total. The summed E-state index contributed by atoms with van der Waals surface area (Å²) in [6, 6.07) is 12.7. The van der Waals surface area contributed by atoms with E-state index in [9.17, 15) is 18.8 Å². The molecule has 6 nitrogen and oxygen atoms in total. The first-order valence-corrected chi connectivity index (χ1v) is 13.6. The lowest BCUT2D eigenvalue weighted by atomic mass is 9.93. The molecule has 8 heteroatoms. The zero-order chi connectivity index (χ0) is 26.4. The molecule has 37 heavy (non-hydrogen) atoms. The summed E-state index contributed by atoms with van der Waals surface area (Å²) in [4.78, 5) is 40.6. The van der Waals surface area contributed by atoms with Gasteiger partial charge >= 0.3 is 5.97 Å². The number of thioether (sulfide) groups is 1. The molecule has 196 valence electrons. The molecule has 0 spiro atoms. The molecule has 0 bridgehead atoms. The van der Waals surface area contributed by atoms with Crippen LogP contribution in [-0.4, -0.2) is 60.2 Å². The van der Waals surface area contributed by atoms with Crippen LogP contribution >= 0.6 is 11.8 Å². The fourth-order valence-corrected chi connectivity index (χ4v) is 5.79. The number of halogens is 1. The first kappa shape index (κ1) is 27.1. The van der Waals surface area contributed by atoms with Gasteiger partial charge in [0.05, 0.1) is 25.5 Å². The highest BCUT2D eigenvalue weighted by molar-refractivity contribution is 8.00. The second-order valence-electron chi connectivity index (χ2n) is 9.29. The van der Waals surface area contributed by atoms with Crippen molar-refractivity contribution in [2.45, 2.75) is 37.5 Å². The third-order valence-corrected chi connectivity index (χ3v) is 8.06. The molecule has 0 amide bonds. The Balaban J connectivity index is 1.54. The second kappa shape index (κ2) is 12.5. The first-order valence-electron chi connectivity index (χ1n) is 12.6. The van der Waals surface area contributed by atoms with Gasteiger partial charge in [0.15, 0.2) is 11.6 Å². The van der Waals surface area contributed by atoms with Gasteiger partial charge in [0.2, 0.25) is 0 Å². The van der Waals surface area contributed by atoms with E-state index in [1.165, 1.54) is 23.9 Å². The molecule has 1 aliphatic carbocycles. The van der Waals surface area contributed by atoms with Crippen molar-refractivity contribution >= 4 is 29.3 Å². The minimum absolute atomic E-state index is 0.0277. The van der Waals surface area contributed by atoms with Gasteiger partial charge < -0.3 is 9.47 Å². The Kier molecular flexibility index (Phi) is 9.16. The third-order valence-electron chi connectivity index (χ3n) is 6.69. The molecule has 2 aliphatic rings. The Labute approximate surface area is 221 Å². The Morgan fingerprint density at radius 3 is 2.62 bits per heavy atom. The van der Waals surface area contributed by atoms with Crippen molar-refractivity contribution in [2.75, 3.05) is 32.6 Å². The summed E-state index contributed by atoms with van der Waals surface area (Å²) in [6.07, 6.45) is 3.75. The maximum absolute atomic E-state index is 14.8. The highest BCUT2D eigenvalue weighted by atomic mass is 32.2. The molecule has 1 saturated carbocycles. The van der Waals surface area contributed by atoms with Crippen LogP contribution in [0.5, 0.6) is 5.75 Å². The Morgan fingerprint density at radius 2 is 1.92 bits per heavy atom. The molecular formula is C29H32FNO5S. The molecule has 2 fully saturated rings. The van der Waals surface area contributed by atoms with E-state index in [1.807, 2.05) is 4.90 Å². The topological polar surface area (TPSA) is 72.9 Å². The van der Waals surface area contributed by atoms with Crippen molar-refractivity contribution in [3.05, 3.63) is 77.1 Å². The van der Waals surface area contributed by atoms with Gasteiger partial charge in [-0.25, -0.2) is 9.18 Å². The monoisotopic (exact) mass is 525 g/mol. The van der Waals surface area contributed by atoms with Crippen LogP contribution in [0.15, 0.2) is 60.2 Å². The van der Waals surface area contributed by atoms with Crippen LogP contribution in [0.3, 0.4) is 0 Å². The number of likely N-dealkylation sites (tertiary alicyclic amines) is 1. The number of carbonyl (C=O) groups excluding carboxylic acids is 3. The number of hydrogen-bond acceptors (Lipinski definition) is 7. The van der Waals surface area contributed by atoms with Crippen molar-refractivity contribution in [1.82, 2.24) is 4.90 Å². The molecule has 2 aromatic rings. The van der Waals surface area contributed by atoms with Gasteiger partial charge in [-0.15, -0.1) is 11.8 Å². The van der Waals surface area contributed by atoms with Gasteiger partial charge in [-0.2, -0.15) is 0 Å². The number of ketones is 2. The maximum atomic E-state index is 14.8. The summed E-state index contributed by atoms with van der Waals surface area (Å²) in [5.41, 5.74) is 1.71. The summed E-state index contributed by atoms with van der Waals surface area (Å²) in [6.45, 7) is 2.85. The minimum atomic E-state index is -0.705. The number of methoxy groups -OCH3 is 1. The van der Waals surface area contributed by atoms with Crippen LogP contribution in [0.4, 0.5) is 4.39 Å². The van der Waals surface area contributed by atoms with Gasteiger partial charge in [0, 0.05) is 41.5 Å². The van der Waals surface area contributed by atoms with Gasteiger partial charge in [0.25, 0.3) is 0 Å². The van der Waals surface area contributed by atoms with E-state index in [4.69, 9.17) is 9.47 Å². The SMILES string of the molecule is CCOC(=O)/C=C1\CN([C@H](C(=O)C2CC2)c2ccccc2F)CC[C@H]1SCC(=O)c1cccc(OC)c1. The van der Waals surface area contributed by atoms with Crippen LogP contribution in [0.25, 0.3) is 0 Å². The minimum Gasteiger partial charge on any atom is -0.497 e. The van der Waals surface area contributed by atoms with Crippen molar-refractivity contribution in [3.8, 4) is 5.75 Å². The number of hydrogen-bond donors (Lipinski definition) is 0. The van der Waals surface area contributed by atoms with Gasteiger partial charge in [0.1, 0.15) is 11.6 Å². The lowest BCUT2D eigenvalue weighted by Crippen LogP contribution is -2.43. The summed E-state index contributed by atoms with van der Waals surface area (Å²) in [7, 11) is 1.56. The average molecular weight is 526 g/mol. The predicted octanol–water partition coefficient (Wildman–Crippen LogP) is 5.03. The van der Waals surface area contributed by atoms with E-state index in [1.54, 1.807) is 56.5 Å². The first-order chi connectivity index (χ1) is 17.9. The largest absolute Gasteiger partial charge is 0.497 e. The maximum Gasteiger partial charge on any atom is 0.330 e. The molecule has 0 aromatic heterocycles. The Hall–Kier alpha value is -2.97. The highest BCUT2D eigenvalue weighted by Crippen LogP contribution is 2.40. The molecule has 1 aliphatic heterocycles. The average Bonchev–Trinajstić information content (AvgIpc) is 3.75. The molecule has 2 aromatic carbocycles. The summed E-state index contributed by atoms with van der Waals surface area (Å²) in [5, 5.41) is -0.104. The van der Waals surface area contributed by atoms with E-state index in [-0.39, 0.29) is 35.1 Å². The van der Waals surface area contributed by atoms with Crippen LogP contribution in [0, 0.1) is 11.7 Å². The molecule has 0 unspecified atom stereocenters. The second-order valence-corrected chi connectivity index (χ2v) is 10.5. The normalized spacial score (nSPS) is 19.9. The van der Waals surface area contributed by atoms with E-state index in [2.05, 4.69) is 0 Å². The molecule has 1 saturated heterocycles. The summed E-state index contributed by atoms with van der Waals surface area (Å²) < 4.78 is 25.2. The fourth-order valence-electron chi connectivity index (χ4n) is 4.64. The zero-order valence-corrected chi connectivity index (χ0v) is 22.0.